The summed E-state index contributed by atoms with van der Waals surface area (Å²) in [6, 6.07) is 14.7. The van der Waals surface area contributed by atoms with E-state index >= 15 is 0 Å². The number of nitrogens with zero attached hydrogens (tertiary/aromatic N) is 1. The standard InChI is InChI=1S/C24H27N5O4/c1-16-7-5-6-14-24(16)21(31)29(23(33)28-24)15-20(30)25-18-10-12-19(13-11-18)27-22(32)26-17-8-3-2-4-9-17/h2-4,8-13,16H,5-7,14-15H2,1H3,(H,25,30)(H,28,33)(H2,26,27,32)/t16-,24+/m1/s1. The van der Waals surface area contributed by atoms with E-state index in [1.54, 1.807) is 36.4 Å². The van der Waals surface area contributed by atoms with Gasteiger partial charge >= 0.3 is 12.1 Å². The van der Waals surface area contributed by atoms with Gasteiger partial charge in [-0.05, 0) is 55.2 Å². The summed E-state index contributed by atoms with van der Waals surface area (Å²) in [5.41, 5.74) is 0.817. The Balaban J connectivity index is 1.31. The summed E-state index contributed by atoms with van der Waals surface area (Å²) in [6.07, 6.45) is 3.38. The normalized spacial score (nSPS) is 22.1. The molecule has 1 heterocycles. The van der Waals surface area contributed by atoms with E-state index in [2.05, 4.69) is 21.3 Å². The van der Waals surface area contributed by atoms with Crippen LogP contribution >= 0.6 is 0 Å². The van der Waals surface area contributed by atoms with E-state index in [-0.39, 0.29) is 24.4 Å². The molecule has 6 amide bonds. The van der Waals surface area contributed by atoms with Gasteiger partial charge in [0.25, 0.3) is 5.91 Å². The lowest BCUT2D eigenvalue weighted by Crippen LogP contribution is -2.54. The number of nitrogens with one attached hydrogen (secondary N) is 4. The molecule has 0 unspecified atom stereocenters. The van der Waals surface area contributed by atoms with Crippen molar-refractivity contribution < 1.29 is 19.2 Å². The molecule has 2 aliphatic rings. The maximum atomic E-state index is 13.0. The smallest absolute Gasteiger partial charge is 0.325 e. The number of hydrogen-bond acceptors (Lipinski definition) is 4. The molecule has 0 bridgehead atoms. The Kier molecular flexibility index (Phi) is 6.30. The molecule has 1 saturated heterocycles. The lowest BCUT2D eigenvalue weighted by atomic mass is 9.73. The molecule has 2 fully saturated rings. The fourth-order valence-corrected chi connectivity index (χ4v) is 4.43. The van der Waals surface area contributed by atoms with Crippen LogP contribution in [0.2, 0.25) is 0 Å². The molecule has 33 heavy (non-hydrogen) atoms. The predicted molar refractivity (Wildman–Crippen MR) is 125 cm³/mol. The van der Waals surface area contributed by atoms with E-state index in [1.807, 2.05) is 25.1 Å². The van der Waals surface area contributed by atoms with E-state index in [4.69, 9.17) is 0 Å². The highest BCUT2D eigenvalue weighted by Crippen LogP contribution is 2.38. The highest BCUT2D eigenvalue weighted by Gasteiger charge is 2.55. The molecule has 1 aliphatic heterocycles. The largest absolute Gasteiger partial charge is 0.325 e. The van der Waals surface area contributed by atoms with Crippen molar-refractivity contribution in [1.29, 1.82) is 0 Å². The quantitative estimate of drug-likeness (QED) is 0.520. The van der Waals surface area contributed by atoms with Crippen molar-refractivity contribution in [2.24, 2.45) is 5.92 Å². The lowest BCUT2D eigenvalue weighted by molar-refractivity contribution is -0.136. The second kappa shape index (κ2) is 9.32. The molecule has 1 aliphatic carbocycles. The third kappa shape index (κ3) is 4.82. The number of para-hydroxylation sites is 1. The summed E-state index contributed by atoms with van der Waals surface area (Å²) in [5, 5.41) is 11.0. The van der Waals surface area contributed by atoms with Gasteiger partial charge in [0.1, 0.15) is 12.1 Å². The van der Waals surface area contributed by atoms with Gasteiger partial charge in [-0.3, -0.25) is 14.5 Å². The number of carbonyl (C=O) groups is 4. The van der Waals surface area contributed by atoms with Gasteiger partial charge in [0.2, 0.25) is 5.91 Å². The second-order valence-corrected chi connectivity index (χ2v) is 8.51. The summed E-state index contributed by atoms with van der Waals surface area (Å²) in [4.78, 5) is 51.0. The van der Waals surface area contributed by atoms with Gasteiger partial charge in [-0.1, -0.05) is 38.0 Å². The highest BCUT2D eigenvalue weighted by atomic mass is 16.2. The Morgan fingerprint density at radius 1 is 0.939 bits per heavy atom. The summed E-state index contributed by atoms with van der Waals surface area (Å²) in [7, 11) is 0. The zero-order chi connectivity index (χ0) is 23.4. The topological polar surface area (TPSA) is 120 Å². The number of imide groups is 1. The Bertz CT molecular complexity index is 1060. The first-order valence-corrected chi connectivity index (χ1v) is 11.0. The SMILES string of the molecule is C[C@@H]1CCCC[C@]12NC(=O)N(CC(=O)Nc1ccc(NC(=O)Nc3ccccc3)cc1)C2=O. The minimum Gasteiger partial charge on any atom is -0.325 e. The molecule has 1 saturated carbocycles. The highest BCUT2D eigenvalue weighted by molar-refractivity contribution is 6.10. The monoisotopic (exact) mass is 449 g/mol. The van der Waals surface area contributed by atoms with Crippen LogP contribution in [0, 0.1) is 5.92 Å². The molecule has 2 aromatic rings. The number of rotatable bonds is 5. The first-order valence-electron chi connectivity index (χ1n) is 11.0. The van der Waals surface area contributed by atoms with Crippen LogP contribution in [-0.2, 0) is 9.59 Å². The van der Waals surface area contributed by atoms with E-state index in [1.165, 1.54) is 0 Å². The zero-order valence-corrected chi connectivity index (χ0v) is 18.4. The molecule has 0 aromatic heterocycles. The van der Waals surface area contributed by atoms with Crippen molar-refractivity contribution in [2.45, 2.75) is 38.1 Å². The molecule has 9 nitrogen and oxygen atoms in total. The maximum Gasteiger partial charge on any atom is 0.325 e. The Labute approximate surface area is 191 Å². The van der Waals surface area contributed by atoms with Gasteiger partial charge in [-0.15, -0.1) is 0 Å². The summed E-state index contributed by atoms with van der Waals surface area (Å²) in [6.45, 7) is 1.62. The van der Waals surface area contributed by atoms with Gasteiger partial charge < -0.3 is 21.3 Å². The van der Waals surface area contributed by atoms with Gasteiger partial charge in [-0.25, -0.2) is 9.59 Å². The Hall–Kier alpha value is -3.88. The third-order valence-electron chi connectivity index (χ3n) is 6.26. The molecule has 172 valence electrons. The van der Waals surface area contributed by atoms with Crippen molar-refractivity contribution in [3.8, 4) is 0 Å². The van der Waals surface area contributed by atoms with Gasteiger partial charge in [0, 0.05) is 17.1 Å². The number of carbonyl (C=O) groups excluding carboxylic acids is 4. The van der Waals surface area contributed by atoms with Gasteiger partial charge in [0.05, 0.1) is 0 Å². The first-order chi connectivity index (χ1) is 15.9. The Morgan fingerprint density at radius 2 is 1.55 bits per heavy atom. The van der Waals surface area contributed by atoms with Crippen LogP contribution in [0.4, 0.5) is 26.7 Å². The van der Waals surface area contributed by atoms with Crippen molar-refractivity contribution in [1.82, 2.24) is 10.2 Å². The lowest BCUT2D eigenvalue weighted by Gasteiger charge is -2.36. The van der Waals surface area contributed by atoms with Crippen LogP contribution < -0.4 is 21.3 Å². The van der Waals surface area contributed by atoms with Crippen molar-refractivity contribution in [2.75, 3.05) is 22.5 Å². The molecule has 2 atom stereocenters. The number of amides is 6. The fourth-order valence-electron chi connectivity index (χ4n) is 4.43. The van der Waals surface area contributed by atoms with Crippen molar-refractivity contribution in [3.05, 3.63) is 54.6 Å². The van der Waals surface area contributed by atoms with E-state index in [9.17, 15) is 19.2 Å². The number of hydrogen-bond donors (Lipinski definition) is 4. The van der Waals surface area contributed by atoms with Gasteiger partial charge in [-0.2, -0.15) is 0 Å². The predicted octanol–water partition coefficient (Wildman–Crippen LogP) is 3.77. The molecule has 2 aromatic carbocycles. The van der Waals surface area contributed by atoms with Crippen molar-refractivity contribution in [3.63, 3.8) is 0 Å². The molecule has 4 N–H and O–H groups in total. The van der Waals surface area contributed by atoms with Crippen LogP contribution in [0.25, 0.3) is 0 Å². The van der Waals surface area contributed by atoms with Gasteiger partial charge in [0.15, 0.2) is 0 Å². The average molecular weight is 450 g/mol. The number of anilines is 3. The van der Waals surface area contributed by atoms with E-state index in [0.29, 0.717) is 23.5 Å². The van der Waals surface area contributed by atoms with Crippen LogP contribution in [0.1, 0.15) is 32.6 Å². The minimum atomic E-state index is -0.886. The van der Waals surface area contributed by atoms with E-state index in [0.717, 1.165) is 24.2 Å². The first kappa shape index (κ1) is 22.3. The minimum absolute atomic E-state index is 0.0369. The average Bonchev–Trinajstić information content (AvgIpc) is 3.02. The zero-order valence-electron chi connectivity index (χ0n) is 18.4. The van der Waals surface area contributed by atoms with Crippen LogP contribution in [0.3, 0.4) is 0 Å². The Morgan fingerprint density at radius 3 is 2.18 bits per heavy atom. The summed E-state index contributed by atoms with van der Waals surface area (Å²) < 4.78 is 0. The second-order valence-electron chi connectivity index (χ2n) is 8.51. The molecule has 0 radical (unpaired) electrons. The van der Waals surface area contributed by atoms with Crippen molar-refractivity contribution >= 4 is 40.9 Å². The fraction of sp³-hybridized carbons (Fsp3) is 0.333. The molecule has 1 spiro atoms. The summed E-state index contributed by atoms with van der Waals surface area (Å²) in [5.74, 6) is -0.754. The molecular weight excluding hydrogens is 422 g/mol. The number of urea groups is 2. The molecular formula is C24H27N5O4. The molecule has 4 rings (SSSR count). The maximum absolute atomic E-state index is 13.0. The molecule has 9 heteroatoms. The van der Waals surface area contributed by atoms with E-state index < -0.39 is 17.5 Å². The van der Waals surface area contributed by atoms with Crippen LogP contribution in [0.5, 0.6) is 0 Å². The van der Waals surface area contributed by atoms with Crippen LogP contribution in [0.15, 0.2) is 54.6 Å². The van der Waals surface area contributed by atoms with Crippen LogP contribution in [-0.4, -0.2) is 40.9 Å². The third-order valence-corrected chi connectivity index (χ3v) is 6.26. The number of benzene rings is 2. The summed E-state index contributed by atoms with van der Waals surface area (Å²) >= 11 is 0.